The fraction of sp³-hybridized carbons (Fsp3) is 0.389. The van der Waals surface area contributed by atoms with Gasteiger partial charge in [0, 0.05) is 25.4 Å². The van der Waals surface area contributed by atoms with Crippen LogP contribution < -0.4 is 0 Å². The van der Waals surface area contributed by atoms with Gasteiger partial charge in [0.05, 0.1) is 0 Å². The number of Topliss-reactive ketones (excluding diaryl/α,β-unsaturated/α-hetero) is 1. The fourth-order valence-electron chi connectivity index (χ4n) is 2.48. The van der Waals surface area contributed by atoms with Crippen LogP contribution in [0.5, 0.6) is 0 Å². The molecule has 0 unspecified atom stereocenters. The maximum Gasteiger partial charge on any atom is 0.260 e. The van der Waals surface area contributed by atoms with E-state index in [0.29, 0.717) is 5.56 Å². The molecule has 0 saturated carbocycles. The van der Waals surface area contributed by atoms with Crippen molar-refractivity contribution in [2.45, 2.75) is 26.1 Å². The van der Waals surface area contributed by atoms with Crippen molar-refractivity contribution in [1.82, 2.24) is 0 Å². The molecule has 1 aliphatic rings. The van der Waals surface area contributed by atoms with E-state index in [0.717, 1.165) is 12.0 Å². The van der Waals surface area contributed by atoms with Crippen LogP contribution in [0.2, 0.25) is 0 Å². The molecule has 1 aromatic carbocycles. The number of rotatable bonds is 5. The first-order chi connectivity index (χ1) is 9.95. The summed E-state index contributed by atoms with van der Waals surface area (Å²) in [5.41, 5.74) is 1.41. The average molecular weight is 286 g/mol. The lowest BCUT2D eigenvalue weighted by molar-refractivity contribution is -0.140. The van der Waals surface area contributed by atoms with E-state index in [1.54, 1.807) is 12.1 Å². The monoisotopic (exact) mass is 286 g/mol. The third kappa shape index (κ3) is 2.99. The summed E-state index contributed by atoms with van der Waals surface area (Å²) in [6.45, 7) is 4.30. The molecule has 1 aliphatic carbocycles. The summed E-state index contributed by atoms with van der Waals surface area (Å²) in [5.74, 6) is -1.57. The molecule has 0 saturated heterocycles. The smallest absolute Gasteiger partial charge is 0.260 e. The van der Waals surface area contributed by atoms with Crippen molar-refractivity contribution < 1.29 is 14.3 Å². The van der Waals surface area contributed by atoms with Crippen LogP contribution in [0.1, 0.15) is 30.6 Å². The Hall–Kier alpha value is -1.71. The molecule has 1 aromatic rings. The Labute approximate surface area is 126 Å². The maximum absolute atomic E-state index is 12.9. The number of benzene rings is 1. The minimum Gasteiger partial charge on any atom is -0.343 e. The number of methoxy groups -OCH3 is 2. The van der Waals surface area contributed by atoms with Crippen molar-refractivity contribution in [3.05, 3.63) is 59.7 Å². The highest BCUT2D eigenvalue weighted by molar-refractivity contribution is 6.04. The molecular formula is C18H22O3. The van der Waals surface area contributed by atoms with Crippen molar-refractivity contribution in [3.8, 4) is 0 Å². The number of ketones is 1. The number of ether oxygens (including phenoxy) is 2. The Morgan fingerprint density at radius 3 is 2.24 bits per heavy atom. The first-order valence-electron chi connectivity index (χ1n) is 7.05. The number of carbonyl (C=O) groups is 1. The fourth-order valence-corrected chi connectivity index (χ4v) is 2.48. The molecule has 0 radical (unpaired) electrons. The average Bonchev–Trinajstić information content (AvgIpc) is 2.51. The summed E-state index contributed by atoms with van der Waals surface area (Å²) in [7, 11) is 3.00. The van der Waals surface area contributed by atoms with Gasteiger partial charge in [-0.05, 0) is 11.8 Å². The van der Waals surface area contributed by atoms with Gasteiger partial charge in [0.2, 0.25) is 5.78 Å². The van der Waals surface area contributed by atoms with E-state index >= 15 is 0 Å². The molecule has 0 heterocycles. The summed E-state index contributed by atoms with van der Waals surface area (Å²) >= 11 is 0. The molecule has 112 valence electrons. The molecule has 0 atom stereocenters. The predicted octanol–water partition coefficient (Wildman–Crippen LogP) is 3.77. The van der Waals surface area contributed by atoms with Gasteiger partial charge < -0.3 is 9.47 Å². The zero-order valence-electron chi connectivity index (χ0n) is 13.1. The van der Waals surface area contributed by atoms with Crippen molar-refractivity contribution >= 4 is 5.78 Å². The second-order valence-corrected chi connectivity index (χ2v) is 5.91. The third-order valence-electron chi connectivity index (χ3n) is 3.85. The Morgan fingerprint density at radius 1 is 1.14 bits per heavy atom. The summed E-state index contributed by atoms with van der Waals surface area (Å²) in [6.07, 6.45) is 6.88. The molecule has 2 rings (SSSR count). The van der Waals surface area contributed by atoms with Crippen LogP contribution in [0, 0.1) is 5.41 Å². The Balaban J connectivity index is 2.41. The SMILES string of the molecule is COC(OC)(C(=O)c1ccccc1)C1=CCC(C)(C)C=C1. The molecule has 3 heteroatoms. The normalized spacial score (nSPS) is 17.4. The molecule has 0 fully saturated rings. The number of hydrogen-bond donors (Lipinski definition) is 0. The number of carbonyl (C=O) groups excluding carboxylic acids is 1. The maximum atomic E-state index is 12.9. The van der Waals surface area contributed by atoms with E-state index in [4.69, 9.17) is 9.47 Å². The molecule has 3 nitrogen and oxygen atoms in total. The quantitative estimate of drug-likeness (QED) is 0.610. The van der Waals surface area contributed by atoms with Crippen molar-refractivity contribution in [3.63, 3.8) is 0 Å². The van der Waals surface area contributed by atoms with Gasteiger partial charge in [0.1, 0.15) is 0 Å². The number of hydrogen-bond acceptors (Lipinski definition) is 3. The minimum atomic E-state index is -1.38. The van der Waals surface area contributed by atoms with Crippen LogP contribution in [0.15, 0.2) is 54.1 Å². The lowest BCUT2D eigenvalue weighted by atomic mass is 9.81. The van der Waals surface area contributed by atoms with E-state index in [1.807, 2.05) is 30.4 Å². The van der Waals surface area contributed by atoms with E-state index < -0.39 is 5.79 Å². The molecule has 0 spiro atoms. The topological polar surface area (TPSA) is 35.5 Å². The molecule has 0 bridgehead atoms. The molecule has 0 aliphatic heterocycles. The largest absolute Gasteiger partial charge is 0.343 e. The molecule has 21 heavy (non-hydrogen) atoms. The predicted molar refractivity (Wildman–Crippen MR) is 83.1 cm³/mol. The first-order valence-corrected chi connectivity index (χ1v) is 7.05. The van der Waals surface area contributed by atoms with Gasteiger partial charge in [-0.1, -0.05) is 62.4 Å². The van der Waals surface area contributed by atoms with E-state index in [1.165, 1.54) is 14.2 Å². The van der Waals surface area contributed by atoms with Crippen LogP contribution in [-0.2, 0) is 9.47 Å². The molecular weight excluding hydrogens is 264 g/mol. The van der Waals surface area contributed by atoms with Crippen LogP contribution >= 0.6 is 0 Å². The van der Waals surface area contributed by atoms with Gasteiger partial charge in [-0.3, -0.25) is 4.79 Å². The second kappa shape index (κ2) is 5.96. The highest BCUT2D eigenvalue weighted by atomic mass is 16.7. The molecule has 0 N–H and O–H groups in total. The van der Waals surface area contributed by atoms with Gasteiger partial charge in [-0.15, -0.1) is 0 Å². The van der Waals surface area contributed by atoms with Crippen LogP contribution in [0.25, 0.3) is 0 Å². The lowest BCUT2D eigenvalue weighted by Crippen LogP contribution is -2.45. The van der Waals surface area contributed by atoms with Gasteiger partial charge in [0.25, 0.3) is 5.79 Å². The highest BCUT2D eigenvalue weighted by Crippen LogP contribution is 2.35. The van der Waals surface area contributed by atoms with Crippen molar-refractivity contribution in [2.75, 3.05) is 14.2 Å². The molecule has 0 amide bonds. The Kier molecular flexibility index (Phi) is 4.45. The summed E-state index contributed by atoms with van der Waals surface area (Å²) in [6, 6.07) is 9.08. The summed E-state index contributed by atoms with van der Waals surface area (Å²) < 4.78 is 11.0. The standard InChI is InChI=1S/C18H22O3/c1-17(2)12-10-15(11-13-17)18(20-3,21-4)16(19)14-8-6-5-7-9-14/h5-12H,13H2,1-4H3. The van der Waals surface area contributed by atoms with Crippen molar-refractivity contribution in [1.29, 1.82) is 0 Å². The summed E-state index contributed by atoms with van der Waals surface area (Å²) in [5, 5.41) is 0. The minimum absolute atomic E-state index is 0.0898. The summed E-state index contributed by atoms with van der Waals surface area (Å²) in [4.78, 5) is 12.9. The van der Waals surface area contributed by atoms with Gasteiger partial charge in [-0.25, -0.2) is 0 Å². The van der Waals surface area contributed by atoms with E-state index in [2.05, 4.69) is 19.9 Å². The zero-order chi connectivity index (χ0) is 15.5. The van der Waals surface area contributed by atoms with Crippen LogP contribution in [-0.4, -0.2) is 25.8 Å². The van der Waals surface area contributed by atoms with Crippen LogP contribution in [0.3, 0.4) is 0 Å². The first kappa shape index (κ1) is 15.7. The van der Waals surface area contributed by atoms with Crippen molar-refractivity contribution in [2.24, 2.45) is 5.41 Å². The van der Waals surface area contributed by atoms with Crippen LogP contribution in [0.4, 0.5) is 0 Å². The second-order valence-electron chi connectivity index (χ2n) is 5.91. The zero-order valence-corrected chi connectivity index (χ0v) is 13.1. The highest BCUT2D eigenvalue weighted by Gasteiger charge is 2.43. The van der Waals surface area contributed by atoms with E-state index in [-0.39, 0.29) is 11.2 Å². The Morgan fingerprint density at radius 2 is 1.76 bits per heavy atom. The Bertz CT molecular complexity index is 563. The van der Waals surface area contributed by atoms with Gasteiger partial charge in [-0.2, -0.15) is 0 Å². The lowest BCUT2D eigenvalue weighted by Gasteiger charge is -2.33. The number of allylic oxidation sites excluding steroid dienone is 2. The van der Waals surface area contributed by atoms with Gasteiger partial charge >= 0.3 is 0 Å². The third-order valence-corrected chi connectivity index (χ3v) is 3.85. The van der Waals surface area contributed by atoms with Gasteiger partial charge in [0.15, 0.2) is 0 Å². The molecule has 0 aromatic heterocycles. The van der Waals surface area contributed by atoms with E-state index in [9.17, 15) is 4.79 Å².